The normalized spacial score (nSPS) is 30.7. The fourth-order valence-electron chi connectivity index (χ4n) is 1.90. The van der Waals surface area contributed by atoms with Crippen LogP contribution in [0.1, 0.15) is 0 Å². The molecule has 9 heteroatoms. The number of fused-ring (bicyclic) bond motifs is 1. The van der Waals surface area contributed by atoms with Gasteiger partial charge in [-0.3, -0.25) is 14.5 Å². The molecule has 0 aromatic carbocycles. The maximum Gasteiger partial charge on any atom is 0.352 e. The zero-order chi connectivity index (χ0) is 13.4. The topological polar surface area (TPSA) is 86.7 Å². The summed E-state index contributed by atoms with van der Waals surface area (Å²) >= 11 is 8.00. The lowest BCUT2D eigenvalue weighted by Crippen LogP contribution is -2.70. The largest absolute Gasteiger partial charge is 0.477 e. The standard InChI is InChI=1S/C9H8Br2N2O4S/c10-1-3-5(9(16)17)13-7(15)4(12-2-14)8(13)18-6(3)11/h2,4,6,8H,1H2,(H,12,14)(H,16,17)/t4?,6?,8-/m0/s1. The summed E-state index contributed by atoms with van der Waals surface area (Å²) in [7, 11) is 0. The predicted octanol–water partition coefficient (Wildman–Crippen LogP) is 0.471. The van der Waals surface area contributed by atoms with Gasteiger partial charge in [0.2, 0.25) is 6.41 Å². The van der Waals surface area contributed by atoms with Crippen molar-refractivity contribution in [3.63, 3.8) is 0 Å². The molecule has 2 aliphatic rings. The average Bonchev–Trinajstić information content (AvgIpc) is 2.34. The Morgan fingerprint density at radius 3 is 2.78 bits per heavy atom. The van der Waals surface area contributed by atoms with Crippen LogP contribution in [0.3, 0.4) is 0 Å². The molecule has 0 bridgehead atoms. The SMILES string of the molecule is O=CNC1C(=O)N2C(C(=O)O)=C(CBr)C(Br)S[C@@H]12. The monoisotopic (exact) mass is 398 g/mol. The first kappa shape index (κ1) is 13.9. The van der Waals surface area contributed by atoms with Crippen LogP contribution in [0.4, 0.5) is 0 Å². The summed E-state index contributed by atoms with van der Waals surface area (Å²) in [6, 6.07) is -0.654. The van der Waals surface area contributed by atoms with E-state index in [1.165, 1.54) is 16.7 Å². The van der Waals surface area contributed by atoms with Crippen molar-refractivity contribution in [3.05, 3.63) is 11.3 Å². The number of hydrogen-bond donors (Lipinski definition) is 2. The second-order valence-electron chi connectivity index (χ2n) is 3.63. The molecule has 18 heavy (non-hydrogen) atoms. The minimum Gasteiger partial charge on any atom is -0.477 e. The van der Waals surface area contributed by atoms with E-state index in [1.807, 2.05) is 0 Å². The van der Waals surface area contributed by atoms with Crippen molar-refractivity contribution < 1.29 is 19.5 Å². The van der Waals surface area contributed by atoms with Crippen molar-refractivity contribution >= 4 is 61.9 Å². The molecule has 0 aliphatic carbocycles. The molecule has 2 amide bonds. The van der Waals surface area contributed by atoms with Gasteiger partial charge in [0.1, 0.15) is 17.1 Å². The molecule has 2 unspecified atom stereocenters. The number of carbonyl (C=O) groups is 3. The molecule has 6 nitrogen and oxygen atoms in total. The van der Waals surface area contributed by atoms with Gasteiger partial charge in [0, 0.05) is 5.33 Å². The second kappa shape index (κ2) is 5.22. The van der Waals surface area contributed by atoms with E-state index in [0.29, 0.717) is 17.3 Å². The second-order valence-corrected chi connectivity index (χ2v) is 6.93. The molecule has 2 aliphatic heterocycles. The smallest absolute Gasteiger partial charge is 0.352 e. The van der Waals surface area contributed by atoms with Crippen LogP contribution in [0.5, 0.6) is 0 Å². The van der Waals surface area contributed by atoms with Crippen LogP contribution >= 0.6 is 43.6 Å². The molecule has 0 aromatic heterocycles. The quantitative estimate of drug-likeness (QED) is 0.407. The van der Waals surface area contributed by atoms with Gasteiger partial charge < -0.3 is 10.4 Å². The third-order valence-corrected chi connectivity index (χ3v) is 5.80. The molecule has 1 saturated heterocycles. The van der Waals surface area contributed by atoms with Crippen molar-refractivity contribution in [3.8, 4) is 0 Å². The van der Waals surface area contributed by atoms with E-state index in [-0.39, 0.29) is 15.2 Å². The number of amides is 2. The minimum atomic E-state index is -1.14. The molecular weight excluding hydrogens is 392 g/mol. The van der Waals surface area contributed by atoms with Crippen LogP contribution in [0.15, 0.2) is 11.3 Å². The Hall–Kier alpha value is -0.540. The van der Waals surface area contributed by atoms with Crippen LogP contribution in [-0.4, -0.2) is 49.2 Å². The Morgan fingerprint density at radius 2 is 2.28 bits per heavy atom. The number of rotatable bonds is 4. The summed E-state index contributed by atoms with van der Waals surface area (Å²) in [4.78, 5) is 34.7. The molecule has 0 spiro atoms. The lowest BCUT2D eigenvalue weighted by molar-refractivity contribution is -0.149. The third kappa shape index (κ3) is 1.97. The predicted molar refractivity (Wildman–Crippen MR) is 72.4 cm³/mol. The van der Waals surface area contributed by atoms with Gasteiger partial charge in [-0.25, -0.2) is 4.79 Å². The summed E-state index contributed by atoms with van der Waals surface area (Å²) in [6.45, 7) is 0. The number of carbonyl (C=O) groups excluding carboxylic acids is 2. The first-order valence-corrected chi connectivity index (χ1v) is 7.85. The number of alkyl halides is 2. The number of carboxylic acids is 1. The number of hydrogen-bond acceptors (Lipinski definition) is 4. The number of aliphatic carboxylic acids is 1. The van der Waals surface area contributed by atoms with Crippen LogP contribution < -0.4 is 5.32 Å². The van der Waals surface area contributed by atoms with Gasteiger partial charge in [0.05, 0.1) is 4.16 Å². The fraction of sp³-hybridized carbons (Fsp3) is 0.444. The van der Waals surface area contributed by atoms with Gasteiger partial charge in [-0.15, -0.1) is 11.8 Å². The summed E-state index contributed by atoms with van der Waals surface area (Å²) in [5, 5.41) is 11.6. The molecule has 2 rings (SSSR count). The van der Waals surface area contributed by atoms with Crippen LogP contribution in [-0.2, 0) is 14.4 Å². The molecule has 0 saturated carbocycles. The number of nitrogens with one attached hydrogen (secondary N) is 1. The first-order chi connectivity index (χ1) is 8.52. The molecule has 3 atom stereocenters. The number of thioether (sulfide) groups is 1. The highest BCUT2D eigenvalue weighted by atomic mass is 79.9. The van der Waals surface area contributed by atoms with Gasteiger partial charge in [-0.05, 0) is 5.57 Å². The molecule has 2 heterocycles. The summed E-state index contributed by atoms with van der Waals surface area (Å²) in [5.41, 5.74) is 0.591. The molecule has 2 N–H and O–H groups in total. The van der Waals surface area contributed by atoms with Gasteiger partial charge in [0.25, 0.3) is 5.91 Å². The Morgan fingerprint density at radius 1 is 1.61 bits per heavy atom. The highest BCUT2D eigenvalue weighted by Crippen LogP contribution is 2.46. The highest BCUT2D eigenvalue weighted by Gasteiger charge is 2.55. The van der Waals surface area contributed by atoms with E-state index in [9.17, 15) is 19.5 Å². The van der Waals surface area contributed by atoms with Gasteiger partial charge in [-0.2, -0.15) is 0 Å². The zero-order valence-corrected chi connectivity index (χ0v) is 12.8. The molecular formula is C9H8Br2N2O4S. The van der Waals surface area contributed by atoms with Gasteiger partial charge in [-0.1, -0.05) is 31.9 Å². The van der Waals surface area contributed by atoms with E-state index in [0.717, 1.165) is 0 Å². The number of β-lactam (4-membered cyclic amide) rings is 1. The molecule has 1 fully saturated rings. The van der Waals surface area contributed by atoms with Gasteiger partial charge in [0.15, 0.2) is 0 Å². The van der Waals surface area contributed by atoms with Crippen molar-refractivity contribution in [1.82, 2.24) is 10.2 Å². The third-order valence-electron chi connectivity index (χ3n) is 2.72. The lowest BCUT2D eigenvalue weighted by atomic mass is 10.0. The van der Waals surface area contributed by atoms with E-state index in [2.05, 4.69) is 37.2 Å². The van der Waals surface area contributed by atoms with Crippen molar-refractivity contribution in [2.24, 2.45) is 0 Å². The number of carboxylic acid groups (broad SMARTS) is 1. The van der Waals surface area contributed by atoms with E-state index < -0.39 is 17.9 Å². The summed E-state index contributed by atoms with van der Waals surface area (Å²) in [6.07, 6.45) is 0.452. The Labute approximate surface area is 123 Å². The van der Waals surface area contributed by atoms with Crippen molar-refractivity contribution in [1.29, 1.82) is 0 Å². The lowest BCUT2D eigenvalue weighted by Gasteiger charge is -2.50. The van der Waals surface area contributed by atoms with E-state index in [4.69, 9.17) is 0 Å². The fourth-order valence-corrected chi connectivity index (χ4v) is 5.47. The van der Waals surface area contributed by atoms with Crippen LogP contribution in [0.25, 0.3) is 0 Å². The number of halogens is 2. The first-order valence-electron chi connectivity index (χ1n) is 4.87. The average molecular weight is 400 g/mol. The van der Waals surface area contributed by atoms with Gasteiger partial charge >= 0.3 is 5.97 Å². The molecule has 0 radical (unpaired) electrons. The maximum absolute atomic E-state index is 11.8. The van der Waals surface area contributed by atoms with E-state index in [1.54, 1.807) is 0 Å². The van der Waals surface area contributed by atoms with E-state index >= 15 is 0 Å². The number of nitrogens with zero attached hydrogens (tertiary/aromatic N) is 1. The van der Waals surface area contributed by atoms with Crippen molar-refractivity contribution in [2.75, 3.05) is 5.33 Å². The summed E-state index contributed by atoms with van der Waals surface area (Å²) in [5.74, 6) is -1.54. The molecule has 0 aromatic rings. The Bertz CT molecular complexity index is 456. The van der Waals surface area contributed by atoms with Crippen LogP contribution in [0, 0.1) is 0 Å². The highest BCUT2D eigenvalue weighted by molar-refractivity contribution is 9.11. The van der Waals surface area contributed by atoms with Crippen LogP contribution in [0.2, 0.25) is 0 Å². The summed E-state index contributed by atoms with van der Waals surface area (Å²) < 4.78 is -0.201. The Kier molecular flexibility index (Phi) is 4.02. The maximum atomic E-state index is 11.8. The zero-order valence-electron chi connectivity index (χ0n) is 8.80. The van der Waals surface area contributed by atoms with Crippen molar-refractivity contribution in [2.45, 2.75) is 15.6 Å². The molecule has 98 valence electrons. The minimum absolute atomic E-state index is 0.00792. The Balaban J connectivity index is 2.37.